The van der Waals surface area contributed by atoms with Gasteiger partial charge in [0.05, 0.1) is 27.4 Å². The lowest BCUT2D eigenvalue weighted by Gasteiger charge is -2.39. The van der Waals surface area contributed by atoms with E-state index in [0.717, 1.165) is 35.7 Å². The fraction of sp³-hybridized carbons (Fsp3) is 0.269. The van der Waals surface area contributed by atoms with E-state index in [9.17, 15) is 0 Å². The van der Waals surface area contributed by atoms with Gasteiger partial charge in [0.1, 0.15) is 18.1 Å². The van der Waals surface area contributed by atoms with Crippen molar-refractivity contribution < 1.29 is 18.9 Å². The van der Waals surface area contributed by atoms with Crippen LogP contribution in [0, 0.1) is 0 Å². The van der Waals surface area contributed by atoms with Crippen LogP contribution in [0.15, 0.2) is 60.7 Å². The van der Waals surface area contributed by atoms with Gasteiger partial charge in [0.25, 0.3) is 0 Å². The van der Waals surface area contributed by atoms with E-state index >= 15 is 0 Å². The second-order valence-corrected chi connectivity index (χ2v) is 8.61. The van der Waals surface area contributed by atoms with Crippen molar-refractivity contribution >= 4 is 34.6 Å². The molecule has 6 nitrogen and oxygen atoms in total. The molecule has 1 aliphatic heterocycles. The Morgan fingerprint density at radius 3 is 2.24 bits per heavy atom. The Bertz CT molecular complexity index is 1140. The second-order valence-electron chi connectivity index (χ2n) is 7.79. The van der Waals surface area contributed by atoms with Crippen molar-refractivity contribution in [3.05, 3.63) is 76.8 Å². The maximum absolute atomic E-state index is 6.20. The summed E-state index contributed by atoms with van der Waals surface area (Å²) in [4.78, 5) is 2.15. The van der Waals surface area contributed by atoms with Crippen LogP contribution in [0.4, 0.5) is 5.69 Å². The Balaban J connectivity index is 1.62. The molecule has 0 aromatic heterocycles. The molecular weight excluding hydrogens is 472 g/mol. The number of ether oxygens (including phenoxy) is 4. The lowest BCUT2D eigenvalue weighted by atomic mass is 9.92. The van der Waals surface area contributed by atoms with Gasteiger partial charge in [0.2, 0.25) is 0 Å². The monoisotopic (exact) mass is 498 g/mol. The molecule has 1 atom stereocenters. The number of hydrogen-bond donors (Lipinski definition) is 1. The van der Waals surface area contributed by atoms with Crippen molar-refractivity contribution in [2.75, 3.05) is 39.8 Å². The van der Waals surface area contributed by atoms with Gasteiger partial charge in [-0.3, -0.25) is 0 Å². The lowest BCUT2D eigenvalue weighted by Crippen LogP contribution is -2.44. The number of anilines is 1. The third kappa shape index (κ3) is 5.32. The standard InChI is InChI=1S/C26H27ClN2O4S/c1-30-20-8-10-21(11-9-20)33-16-23-22-15-25(32-3)24(31-2)14-17(22)12-13-29(23)26(34)28-19-6-4-18(27)5-7-19/h4-11,14-15,23H,12-13,16H2,1-3H3,(H,28,34)/t23-/m1/s1. The first-order valence-electron chi connectivity index (χ1n) is 10.9. The molecule has 0 amide bonds. The Morgan fingerprint density at radius 2 is 1.59 bits per heavy atom. The van der Waals surface area contributed by atoms with Gasteiger partial charge in [-0.15, -0.1) is 0 Å². The van der Waals surface area contributed by atoms with Gasteiger partial charge in [-0.1, -0.05) is 11.6 Å². The van der Waals surface area contributed by atoms with E-state index in [-0.39, 0.29) is 6.04 Å². The number of hydrogen-bond acceptors (Lipinski definition) is 5. The molecule has 0 spiro atoms. The summed E-state index contributed by atoms with van der Waals surface area (Å²) in [7, 11) is 4.93. The van der Waals surface area contributed by atoms with Gasteiger partial charge in [-0.05, 0) is 90.4 Å². The van der Waals surface area contributed by atoms with E-state index in [2.05, 4.69) is 10.2 Å². The first-order valence-corrected chi connectivity index (χ1v) is 11.7. The molecule has 0 aliphatic carbocycles. The van der Waals surface area contributed by atoms with Crippen molar-refractivity contribution in [1.82, 2.24) is 4.90 Å². The van der Waals surface area contributed by atoms with Crippen LogP contribution >= 0.6 is 23.8 Å². The van der Waals surface area contributed by atoms with Crippen molar-refractivity contribution in [1.29, 1.82) is 0 Å². The van der Waals surface area contributed by atoms with E-state index in [1.807, 2.05) is 60.7 Å². The van der Waals surface area contributed by atoms with Gasteiger partial charge in [-0.25, -0.2) is 0 Å². The topological polar surface area (TPSA) is 52.2 Å². The summed E-state index contributed by atoms with van der Waals surface area (Å²) >= 11 is 11.9. The van der Waals surface area contributed by atoms with E-state index in [1.165, 1.54) is 5.56 Å². The molecule has 0 saturated heterocycles. The van der Waals surface area contributed by atoms with Gasteiger partial charge in [0.15, 0.2) is 16.6 Å². The van der Waals surface area contributed by atoms with Crippen molar-refractivity contribution in [3.8, 4) is 23.0 Å². The number of fused-ring (bicyclic) bond motifs is 1. The summed E-state index contributed by atoms with van der Waals surface area (Å²) in [6.45, 7) is 1.13. The zero-order valence-corrected chi connectivity index (χ0v) is 20.9. The summed E-state index contributed by atoms with van der Waals surface area (Å²) in [5.41, 5.74) is 3.16. The highest BCUT2D eigenvalue weighted by Gasteiger charge is 2.31. The average molecular weight is 499 g/mol. The number of nitrogens with zero attached hydrogens (tertiary/aromatic N) is 1. The fourth-order valence-electron chi connectivity index (χ4n) is 4.03. The second kappa shape index (κ2) is 10.8. The van der Waals surface area contributed by atoms with Gasteiger partial charge in [-0.2, -0.15) is 0 Å². The van der Waals surface area contributed by atoms with Crippen LogP contribution in [-0.2, 0) is 6.42 Å². The SMILES string of the molecule is COc1ccc(OC[C@@H]2c3cc(OC)c(OC)cc3CCN2C(=S)Nc2ccc(Cl)cc2)cc1. The van der Waals surface area contributed by atoms with E-state index in [1.54, 1.807) is 21.3 Å². The van der Waals surface area contributed by atoms with Crippen LogP contribution in [0.1, 0.15) is 17.2 Å². The van der Waals surface area contributed by atoms with Crippen LogP contribution in [0.3, 0.4) is 0 Å². The zero-order chi connectivity index (χ0) is 24.1. The van der Waals surface area contributed by atoms with Crippen molar-refractivity contribution in [2.24, 2.45) is 0 Å². The minimum atomic E-state index is -0.127. The lowest BCUT2D eigenvalue weighted by molar-refractivity contribution is 0.190. The van der Waals surface area contributed by atoms with E-state index in [0.29, 0.717) is 28.2 Å². The van der Waals surface area contributed by atoms with Crippen LogP contribution < -0.4 is 24.3 Å². The molecule has 0 fully saturated rings. The predicted octanol–water partition coefficient (Wildman–Crippen LogP) is 5.74. The van der Waals surface area contributed by atoms with Crippen LogP contribution in [-0.4, -0.2) is 44.5 Å². The highest BCUT2D eigenvalue weighted by molar-refractivity contribution is 7.80. The first kappa shape index (κ1) is 24.0. The van der Waals surface area contributed by atoms with Gasteiger partial charge < -0.3 is 29.2 Å². The molecule has 1 aliphatic rings. The highest BCUT2D eigenvalue weighted by Crippen LogP contribution is 2.38. The molecule has 178 valence electrons. The normalized spacial score (nSPS) is 14.7. The Kier molecular flexibility index (Phi) is 7.65. The largest absolute Gasteiger partial charge is 0.497 e. The highest BCUT2D eigenvalue weighted by atomic mass is 35.5. The minimum Gasteiger partial charge on any atom is -0.497 e. The summed E-state index contributed by atoms with van der Waals surface area (Å²) in [5.74, 6) is 2.92. The predicted molar refractivity (Wildman–Crippen MR) is 139 cm³/mol. The van der Waals surface area contributed by atoms with Crippen LogP contribution in [0.2, 0.25) is 5.02 Å². The average Bonchev–Trinajstić information content (AvgIpc) is 2.87. The maximum Gasteiger partial charge on any atom is 0.174 e. The summed E-state index contributed by atoms with van der Waals surface area (Å²) in [6.07, 6.45) is 0.817. The van der Waals surface area contributed by atoms with E-state index < -0.39 is 0 Å². The Morgan fingerprint density at radius 1 is 0.941 bits per heavy atom. The molecule has 0 unspecified atom stereocenters. The molecule has 0 radical (unpaired) electrons. The minimum absolute atomic E-state index is 0.127. The molecule has 3 aromatic rings. The third-order valence-corrected chi connectivity index (χ3v) is 6.41. The number of halogens is 1. The quantitative estimate of drug-likeness (QED) is 0.417. The Labute approximate surface area is 210 Å². The number of rotatable bonds is 7. The summed E-state index contributed by atoms with van der Waals surface area (Å²) in [5, 5.41) is 4.63. The number of benzene rings is 3. The molecule has 8 heteroatoms. The van der Waals surface area contributed by atoms with E-state index in [4.69, 9.17) is 42.8 Å². The molecule has 3 aromatic carbocycles. The molecule has 0 bridgehead atoms. The van der Waals surface area contributed by atoms with Crippen molar-refractivity contribution in [2.45, 2.75) is 12.5 Å². The van der Waals surface area contributed by atoms with Gasteiger partial charge in [0, 0.05) is 17.3 Å². The van der Waals surface area contributed by atoms with Crippen LogP contribution in [0.25, 0.3) is 0 Å². The number of thiocarbonyl (C=S) groups is 1. The number of methoxy groups -OCH3 is 3. The molecular formula is C26H27ClN2O4S. The number of nitrogens with one attached hydrogen (secondary N) is 1. The molecule has 4 rings (SSSR count). The molecule has 1 N–H and O–H groups in total. The summed E-state index contributed by atoms with van der Waals surface area (Å²) < 4.78 is 22.6. The zero-order valence-electron chi connectivity index (χ0n) is 19.3. The molecule has 0 saturated carbocycles. The molecule has 34 heavy (non-hydrogen) atoms. The summed E-state index contributed by atoms with van der Waals surface area (Å²) in [6, 6.07) is 19.0. The van der Waals surface area contributed by atoms with Crippen LogP contribution in [0.5, 0.6) is 23.0 Å². The Hall–Kier alpha value is -3.16. The fourth-order valence-corrected chi connectivity index (χ4v) is 4.49. The van der Waals surface area contributed by atoms with Crippen molar-refractivity contribution in [3.63, 3.8) is 0 Å². The maximum atomic E-state index is 6.20. The first-order chi connectivity index (χ1) is 16.5. The smallest absolute Gasteiger partial charge is 0.174 e. The molecule has 1 heterocycles. The third-order valence-electron chi connectivity index (χ3n) is 5.83. The van der Waals surface area contributed by atoms with Gasteiger partial charge >= 0.3 is 0 Å².